The van der Waals surface area contributed by atoms with Crippen molar-refractivity contribution in [2.24, 2.45) is 0 Å². The SMILES string of the molecule is CC[C@@H](CO)NC(C)c1cccc2ccccc12. The second kappa shape index (κ2) is 5.98. The first-order valence-corrected chi connectivity index (χ1v) is 6.60. The van der Waals surface area contributed by atoms with Gasteiger partial charge in [-0.15, -0.1) is 0 Å². The molecule has 2 heteroatoms. The highest BCUT2D eigenvalue weighted by Gasteiger charge is 2.12. The van der Waals surface area contributed by atoms with Gasteiger partial charge in [0.15, 0.2) is 0 Å². The maximum atomic E-state index is 9.27. The van der Waals surface area contributed by atoms with Crippen LogP contribution >= 0.6 is 0 Å². The summed E-state index contributed by atoms with van der Waals surface area (Å²) in [6.07, 6.45) is 0.936. The van der Waals surface area contributed by atoms with Crippen LogP contribution in [0.4, 0.5) is 0 Å². The second-order valence-corrected chi connectivity index (χ2v) is 4.74. The van der Waals surface area contributed by atoms with E-state index in [0.717, 1.165) is 6.42 Å². The first kappa shape index (κ1) is 13.1. The van der Waals surface area contributed by atoms with Crippen LogP contribution in [0.15, 0.2) is 42.5 Å². The zero-order valence-corrected chi connectivity index (χ0v) is 11.1. The van der Waals surface area contributed by atoms with Crippen molar-refractivity contribution >= 4 is 10.8 Å². The number of aliphatic hydroxyl groups is 1. The third-order valence-electron chi connectivity index (χ3n) is 3.49. The summed E-state index contributed by atoms with van der Waals surface area (Å²) in [5, 5.41) is 15.3. The lowest BCUT2D eigenvalue weighted by atomic mass is 9.99. The van der Waals surface area contributed by atoms with Gasteiger partial charge in [0.1, 0.15) is 0 Å². The van der Waals surface area contributed by atoms with Crippen LogP contribution in [0.2, 0.25) is 0 Å². The summed E-state index contributed by atoms with van der Waals surface area (Å²) < 4.78 is 0. The molecule has 96 valence electrons. The minimum Gasteiger partial charge on any atom is -0.395 e. The number of benzene rings is 2. The monoisotopic (exact) mass is 243 g/mol. The topological polar surface area (TPSA) is 32.3 Å². The quantitative estimate of drug-likeness (QED) is 0.844. The van der Waals surface area contributed by atoms with Gasteiger partial charge in [0, 0.05) is 12.1 Å². The van der Waals surface area contributed by atoms with E-state index < -0.39 is 0 Å². The fraction of sp³-hybridized carbons (Fsp3) is 0.375. The van der Waals surface area contributed by atoms with Gasteiger partial charge in [0.05, 0.1) is 6.61 Å². The molecule has 0 heterocycles. The van der Waals surface area contributed by atoms with Gasteiger partial charge >= 0.3 is 0 Å². The fourth-order valence-electron chi connectivity index (χ4n) is 2.37. The summed E-state index contributed by atoms with van der Waals surface area (Å²) in [4.78, 5) is 0. The van der Waals surface area contributed by atoms with E-state index in [2.05, 4.69) is 61.6 Å². The van der Waals surface area contributed by atoms with Crippen LogP contribution in [0.25, 0.3) is 10.8 Å². The molecule has 0 aromatic heterocycles. The molecule has 0 bridgehead atoms. The molecule has 2 aromatic rings. The predicted molar refractivity (Wildman–Crippen MR) is 76.7 cm³/mol. The van der Waals surface area contributed by atoms with Crippen LogP contribution in [0.1, 0.15) is 31.9 Å². The normalized spacial score (nSPS) is 14.6. The molecule has 0 aliphatic rings. The van der Waals surface area contributed by atoms with Crippen molar-refractivity contribution in [3.63, 3.8) is 0 Å². The molecule has 0 fully saturated rings. The maximum Gasteiger partial charge on any atom is 0.0584 e. The zero-order chi connectivity index (χ0) is 13.0. The molecule has 2 atom stereocenters. The molecular weight excluding hydrogens is 222 g/mol. The Hall–Kier alpha value is -1.38. The lowest BCUT2D eigenvalue weighted by Gasteiger charge is -2.22. The van der Waals surface area contributed by atoms with Gasteiger partial charge < -0.3 is 10.4 Å². The Morgan fingerprint density at radius 3 is 2.56 bits per heavy atom. The van der Waals surface area contributed by atoms with Crippen molar-refractivity contribution in [2.45, 2.75) is 32.4 Å². The number of hydrogen-bond acceptors (Lipinski definition) is 2. The molecular formula is C16H21NO. The minimum absolute atomic E-state index is 0.166. The minimum atomic E-state index is 0.166. The summed E-state index contributed by atoms with van der Waals surface area (Å²) in [6, 6.07) is 15.2. The molecule has 0 amide bonds. The second-order valence-electron chi connectivity index (χ2n) is 4.74. The van der Waals surface area contributed by atoms with E-state index in [1.165, 1.54) is 16.3 Å². The lowest BCUT2D eigenvalue weighted by Crippen LogP contribution is -2.33. The highest BCUT2D eigenvalue weighted by atomic mass is 16.3. The molecule has 0 saturated carbocycles. The van der Waals surface area contributed by atoms with E-state index >= 15 is 0 Å². The Balaban J connectivity index is 2.30. The van der Waals surface area contributed by atoms with E-state index in [1.807, 2.05) is 0 Å². The molecule has 2 N–H and O–H groups in total. The lowest BCUT2D eigenvalue weighted by molar-refractivity contribution is 0.230. The number of aliphatic hydroxyl groups excluding tert-OH is 1. The first-order chi connectivity index (χ1) is 8.76. The number of fused-ring (bicyclic) bond motifs is 1. The van der Waals surface area contributed by atoms with Crippen molar-refractivity contribution in [3.05, 3.63) is 48.0 Å². The highest BCUT2D eigenvalue weighted by Crippen LogP contribution is 2.24. The number of rotatable bonds is 5. The highest BCUT2D eigenvalue weighted by molar-refractivity contribution is 5.86. The van der Waals surface area contributed by atoms with Gasteiger partial charge in [-0.3, -0.25) is 0 Å². The Bertz CT molecular complexity index is 500. The van der Waals surface area contributed by atoms with E-state index in [-0.39, 0.29) is 18.7 Å². The third-order valence-corrected chi connectivity index (χ3v) is 3.49. The Morgan fingerprint density at radius 1 is 1.11 bits per heavy atom. The van der Waals surface area contributed by atoms with Gasteiger partial charge in [0.2, 0.25) is 0 Å². The first-order valence-electron chi connectivity index (χ1n) is 6.60. The molecule has 1 unspecified atom stereocenters. The molecule has 0 radical (unpaired) electrons. The van der Waals surface area contributed by atoms with Crippen molar-refractivity contribution in [1.82, 2.24) is 5.32 Å². The van der Waals surface area contributed by atoms with E-state index in [1.54, 1.807) is 0 Å². The molecule has 0 aliphatic heterocycles. The Labute approximate surface area is 109 Å². The van der Waals surface area contributed by atoms with Crippen LogP contribution in [0, 0.1) is 0 Å². The van der Waals surface area contributed by atoms with Crippen LogP contribution < -0.4 is 5.32 Å². The van der Waals surface area contributed by atoms with Crippen molar-refractivity contribution in [3.8, 4) is 0 Å². The molecule has 2 rings (SSSR count). The van der Waals surface area contributed by atoms with Gasteiger partial charge in [-0.25, -0.2) is 0 Å². The molecule has 2 aromatic carbocycles. The van der Waals surface area contributed by atoms with E-state index in [9.17, 15) is 5.11 Å². The summed E-state index contributed by atoms with van der Waals surface area (Å²) in [6.45, 7) is 4.43. The summed E-state index contributed by atoms with van der Waals surface area (Å²) in [5.74, 6) is 0. The maximum absolute atomic E-state index is 9.27. The molecule has 0 saturated heterocycles. The van der Waals surface area contributed by atoms with Gasteiger partial charge in [0.25, 0.3) is 0 Å². The number of hydrogen-bond donors (Lipinski definition) is 2. The molecule has 0 spiro atoms. The van der Waals surface area contributed by atoms with E-state index in [4.69, 9.17) is 0 Å². The Morgan fingerprint density at radius 2 is 1.83 bits per heavy atom. The molecule has 18 heavy (non-hydrogen) atoms. The fourth-order valence-corrected chi connectivity index (χ4v) is 2.37. The smallest absolute Gasteiger partial charge is 0.0584 e. The van der Waals surface area contributed by atoms with Crippen LogP contribution in [0.3, 0.4) is 0 Å². The van der Waals surface area contributed by atoms with E-state index in [0.29, 0.717) is 0 Å². The summed E-state index contributed by atoms with van der Waals surface area (Å²) >= 11 is 0. The molecule has 2 nitrogen and oxygen atoms in total. The Kier molecular flexibility index (Phi) is 4.34. The van der Waals surface area contributed by atoms with Crippen molar-refractivity contribution in [2.75, 3.05) is 6.61 Å². The summed E-state index contributed by atoms with van der Waals surface area (Å²) in [5.41, 5.74) is 1.29. The number of nitrogens with one attached hydrogen (secondary N) is 1. The van der Waals surface area contributed by atoms with Gasteiger partial charge in [-0.2, -0.15) is 0 Å². The average Bonchev–Trinajstić information content (AvgIpc) is 2.43. The van der Waals surface area contributed by atoms with Crippen LogP contribution in [-0.2, 0) is 0 Å². The average molecular weight is 243 g/mol. The van der Waals surface area contributed by atoms with Gasteiger partial charge in [-0.1, -0.05) is 49.4 Å². The van der Waals surface area contributed by atoms with Crippen molar-refractivity contribution < 1.29 is 5.11 Å². The molecule has 0 aliphatic carbocycles. The van der Waals surface area contributed by atoms with Crippen LogP contribution in [0.5, 0.6) is 0 Å². The van der Waals surface area contributed by atoms with Crippen molar-refractivity contribution in [1.29, 1.82) is 0 Å². The standard InChI is InChI=1S/C16H21NO/c1-3-14(11-18)17-12(2)15-10-6-8-13-7-4-5-9-16(13)15/h4-10,12,14,17-18H,3,11H2,1-2H3/t12?,14-/m0/s1. The van der Waals surface area contributed by atoms with Gasteiger partial charge in [-0.05, 0) is 29.7 Å². The predicted octanol–water partition coefficient (Wildman–Crippen LogP) is 3.26. The third kappa shape index (κ3) is 2.71. The zero-order valence-electron chi connectivity index (χ0n) is 11.1. The van der Waals surface area contributed by atoms with Crippen LogP contribution in [-0.4, -0.2) is 17.8 Å². The summed E-state index contributed by atoms with van der Waals surface area (Å²) in [7, 11) is 0. The largest absolute Gasteiger partial charge is 0.395 e.